The lowest BCUT2D eigenvalue weighted by Gasteiger charge is -2.20. The fourth-order valence-electron chi connectivity index (χ4n) is 3.39. The van der Waals surface area contributed by atoms with Gasteiger partial charge in [0.05, 0.1) is 0 Å². The first-order valence-electron chi connectivity index (χ1n) is 9.10. The summed E-state index contributed by atoms with van der Waals surface area (Å²) in [5.74, 6) is 0.474. The second kappa shape index (κ2) is 8.27. The predicted molar refractivity (Wildman–Crippen MR) is 106 cm³/mol. The molecule has 2 heterocycles. The van der Waals surface area contributed by atoms with E-state index in [4.69, 9.17) is 16.3 Å². The summed E-state index contributed by atoms with van der Waals surface area (Å²) in [6.07, 6.45) is 2.59. The lowest BCUT2D eigenvalue weighted by Crippen LogP contribution is -2.25. The average Bonchev–Trinajstić information content (AvgIpc) is 2.91. The van der Waals surface area contributed by atoms with Crippen LogP contribution in [-0.4, -0.2) is 28.1 Å². The molecule has 0 unspecified atom stereocenters. The first-order valence-corrected chi connectivity index (χ1v) is 9.48. The van der Waals surface area contributed by atoms with Gasteiger partial charge < -0.3 is 9.84 Å². The van der Waals surface area contributed by atoms with E-state index in [-0.39, 0.29) is 5.82 Å². The van der Waals surface area contributed by atoms with Crippen molar-refractivity contribution < 1.29 is 14.2 Å². The van der Waals surface area contributed by atoms with Gasteiger partial charge in [-0.1, -0.05) is 29.8 Å². The van der Waals surface area contributed by atoms with Gasteiger partial charge in [0.1, 0.15) is 24.3 Å². The minimum Gasteiger partial charge on any atom is -0.492 e. The van der Waals surface area contributed by atoms with Gasteiger partial charge in [-0.05, 0) is 41.5 Å². The monoisotopic (exact) mass is 398 g/mol. The highest BCUT2D eigenvalue weighted by Gasteiger charge is 2.19. The molecule has 1 aromatic heterocycles. The zero-order valence-corrected chi connectivity index (χ0v) is 15.9. The van der Waals surface area contributed by atoms with Crippen LogP contribution in [0, 0.1) is 5.82 Å². The number of hydrogen-bond acceptors (Lipinski definition) is 4. The third-order valence-electron chi connectivity index (χ3n) is 4.87. The third-order valence-corrected chi connectivity index (χ3v) is 5.22. The molecule has 4 rings (SSSR count). The zero-order valence-electron chi connectivity index (χ0n) is 15.2. The van der Waals surface area contributed by atoms with Crippen LogP contribution < -0.4 is 4.74 Å². The Kier molecular flexibility index (Phi) is 5.57. The summed E-state index contributed by atoms with van der Waals surface area (Å²) in [6, 6.07) is 13.9. The number of pyridine rings is 1. The van der Waals surface area contributed by atoms with Crippen molar-refractivity contribution in [3.05, 3.63) is 94.0 Å². The molecule has 0 aliphatic carbocycles. The molecule has 0 spiro atoms. The van der Waals surface area contributed by atoms with Gasteiger partial charge in [-0.25, -0.2) is 4.39 Å². The topological polar surface area (TPSA) is 45.6 Å². The fraction of sp³-hybridized carbons (Fsp3) is 0.227. The molecular weight excluding hydrogens is 379 g/mol. The van der Waals surface area contributed by atoms with Crippen molar-refractivity contribution in [2.24, 2.45) is 0 Å². The molecule has 1 N–H and O–H groups in total. The van der Waals surface area contributed by atoms with Crippen molar-refractivity contribution in [2.45, 2.75) is 19.2 Å². The zero-order chi connectivity index (χ0) is 19.5. The van der Waals surface area contributed by atoms with Crippen LogP contribution in [0.1, 0.15) is 28.4 Å². The summed E-state index contributed by atoms with van der Waals surface area (Å²) in [6.45, 7) is 2.52. The van der Waals surface area contributed by atoms with Crippen molar-refractivity contribution in [3.63, 3.8) is 0 Å². The number of aromatic nitrogens is 1. The van der Waals surface area contributed by atoms with Gasteiger partial charge in [0.15, 0.2) is 0 Å². The fourth-order valence-corrected chi connectivity index (χ4v) is 3.62. The van der Waals surface area contributed by atoms with E-state index in [1.54, 1.807) is 24.5 Å². The maximum atomic E-state index is 13.3. The Morgan fingerprint density at radius 2 is 2.07 bits per heavy atom. The average molecular weight is 399 g/mol. The van der Waals surface area contributed by atoms with Crippen LogP contribution in [0.3, 0.4) is 0 Å². The van der Waals surface area contributed by atoms with E-state index in [1.807, 2.05) is 24.3 Å². The number of benzene rings is 2. The lowest BCUT2D eigenvalue weighted by atomic mass is 10.00. The van der Waals surface area contributed by atoms with Crippen LogP contribution in [0.4, 0.5) is 4.39 Å². The molecule has 0 bridgehead atoms. The predicted octanol–water partition coefficient (Wildman–Crippen LogP) is 4.35. The Morgan fingerprint density at radius 1 is 1.18 bits per heavy atom. The molecule has 1 aliphatic rings. The van der Waals surface area contributed by atoms with Crippen LogP contribution in [-0.2, 0) is 13.1 Å². The van der Waals surface area contributed by atoms with Gasteiger partial charge in [-0.15, -0.1) is 0 Å². The van der Waals surface area contributed by atoms with E-state index in [0.29, 0.717) is 24.7 Å². The number of aliphatic hydroxyl groups is 1. The first kappa shape index (κ1) is 18.9. The molecule has 0 fully saturated rings. The lowest BCUT2D eigenvalue weighted by molar-refractivity contribution is 0.218. The van der Waals surface area contributed by atoms with Gasteiger partial charge in [-0.2, -0.15) is 0 Å². The van der Waals surface area contributed by atoms with Crippen molar-refractivity contribution in [3.8, 4) is 5.75 Å². The van der Waals surface area contributed by atoms with Crippen molar-refractivity contribution in [2.75, 3.05) is 13.2 Å². The number of nitrogens with zero attached hydrogens (tertiary/aromatic N) is 2. The summed E-state index contributed by atoms with van der Waals surface area (Å²) >= 11 is 6.19. The number of rotatable bonds is 4. The van der Waals surface area contributed by atoms with E-state index < -0.39 is 6.10 Å². The number of halogens is 2. The van der Waals surface area contributed by atoms with E-state index in [0.717, 1.165) is 34.5 Å². The van der Waals surface area contributed by atoms with Gasteiger partial charge in [0.2, 0.25) is 0 Å². The van der Waals surface area contributed by atoms with Gasteiger partial charge in [0.25, 0.3) is 0 Å². The molecule has 2 aromatic carbocycles. The molecule has 4 nitrogen and oxygen atoms in total. The molecule has 144 valence electrons. The van der Waals surface area contributed by atoms with Crippen molar-refractivity contribution >= 4 is 11.6 Å². The number of hydrogen-bond donors (Lipinski definition) is 1. The van der Waals surface area contributed by atoms with Crippen LogP contribution in [0.25, 0.3) is 0 Å². The quantitative estimate of drug-likeness (QED) is 0.709. The van der Waals surface area contributed by atoms with Crippen LogP contribution in [0.15, 0.2) is 60.9 Å². The van der Waals surface area contributed by atoms with Crippen molar-refractivity contribution in [1.82, 2.24) is 9.88 Å². The van der Waals surface area contributed by atoms with Gasteiger partial charge in [0, 0.05) is 48.2 Å². The summed E-state index contributed by atoms with van der Waals surface area (Å²) in [7, 11) is 0. The molecule has 3 aromatic rings. The highest BCUT2D eigenvalue weighted by atomic mass is 35.5. The van der Waals surface area contributed by atoms with Crippen LogP contribution in [0.2, 0.25) is 5.02 Å². The highest BCUT2D eigenvalue weighted by molar-refractivity contribution is 6.31. The number of aliphatic hydroxyl groups excluding tert-OH is 1. The van der Waals surface area contributed by atoms with E-state index in [1.165, 1.54) is 12.1 Å². The van der Waals surface area contributed by atoms with E-state index >= 15 is 0 Å². The molecule has 0 radical (unpaired) electrons. The third kappa shape index (κ3) is 4.17. The second-order valence-electron chi connectivity index (χ2n) is 6.85. The molecule has 28 heavy (non-hydrogen) atoms. The normalized spacial score (nSPS) is 15.4. The SMILES string of the molecule is O[C@H](c1cccnc1)c1ccc2c(c1)CN(Cc1ccc(F)cc1Cl)CCO2. The summed E-state index contributed by atoms with van der Waals surface area (Å²) in [5, 5.41) is 11.1. The highest BCUT2D eigenvalue weighted by Crippen LogP contribution is 2.30. The number of ether oxygens (including phenoxy) is 1. The Bertz CT molecular complexity index is 968. The first-order chi connectivity index (χ1) is 13.6. The standard InChI is InChI=1S/C22H20ClFN2O2/c23-20-11-19(24)5-3-17(20)13-26-8-9-28-21-6-4-15(10-18(21)14-26)22(27)16-2-1-7-25-12-16/h1-7,10-12,22,27H,8-9,13-14H2/t22-/m0/s1. The molecule has 0 amide bonds. The van der Waals surface area contributed by atoms with Crippen LogP contribution in [0.5, 0.6) is 5.75 Å². The summed E-state index contributed by atoms with van der Waals surface area (Å²) in [5.41, 5.74) is 3.40. The van der Waals surface area contributed by atoms with E-state index in [9.17, 15) is 9.50 Å². The Labute approximate surface area is 168 Å². The number of fused-ring (bicyclic) bond motifs is 1. The second-order valence-corrected chi connectivity index (χ2v) is 7.26. The Balaban J connectivity index is 1.56. The summed E-state index contributed by atoms with van der Waals surface area (Å²) < 4.78 is 19.2. The smallest absolute Gasteiger partial charge is 0.124 e. The Morgan fingerprint density at radius 3 is 2.86 bits per heavy atom. The van der Waals surface area contributed by atoms with Crippen molar-refractivity contribution in [1.29, 1.82) is 0 Å². The van der Waals surface area contributed by atoms with Gasteiger partial charge >= 0.3 is 0 Å². The largest absolute Gasteiger partial charge is 0.492 e. The van der Waals surface area contributed by atoms with Gasteiger partial charge in [-0.3, -0.25) is 9.88 Å². The maximum Gasteiger partial charge on any atom is 0.124 e. The minimum atomic E-state index is -0.748. The maximum absolute atomic E-state index is 13.3. The molecule has 0 saturated heterocycles. The molecule has 6 heteroatoms. The molecule has 1 aliphatic heterocycles. The van der Waals surface area contributed by atoms with E-state index in [2.05, 4.69) is 9.88 Å². The Hall–Kier alpha value is -2.47. The van der Waals surface area contributed by atoms with Crippen LogP contribution >= 0.6 is 11.6 Å². The minimum absolute atomic E-state index is 0.340. The molecular formula is C22H20ClFN2O2. The molecule has 1 atom stereocenters. The molecule has 0 saturated carbocycles. The summed E-state index contributed by atoms with van der Waals surface area (Å²) in [4.78, 5) is 6.27.